The summed E-state index contributed by atoms with van der Waals surface area (Å²) in [7, 11) is 3.92. The van der Waals surface area contributed by atoms with E-state index in [0.29, 0.717) is 36.5 Å². The number of carbonyl (C=O) groups is 2. The minimum atomic E-state index is -0.736. The molecule has 7 nitrogen and oxygen atoms in total. The van der Waals surface area contributed by atoms with Gasteiger partial charge in [-0.05, 0) is 69.9 Å². The van der Waals surface area contributed by atoms with Gasteiger partial charge in [-0.25, -0.2) is 0 Å². The van der Waals surface area contributed by atoms with E-state index >= 15 is 0 Å². The third kappa shape index (κ3) is 5.00. The SMILES string of the molecule is C=CCOc1ccc(C2C(C(=O)c3cc4cc(C)ccc4o3)=C(O)C(=O)N2CCCN(C)C)cc1. The number of ketones is 1. The molecule has 1 unspecified atom stereocenters. The zero-order valence-corrected chi connectivity index (χ0v) is 20.3. The Kier molecular flexibility index (Phi) is 7.07. The number of aryl methyl sites for hydroxylation is 1. The molecule has 2 heterocycles. The second kappa shape index (κ2) is 10.2. The van der Waals surface area contributed by atoms with Gasteiger partial charge in [0.25, 0.3) is 5.91 Å². The molecule has 35 heavy (non-hydrogen) atoms. The third-order valence-corrected chi connectivity index (χ3v) is 6.01. The maximum absolute atomic E-state index is 13.6. The molecule has 0 spiro atoms. The minimum absolute atomic E-state index is 0.0235. The third-order valence-electron chi connectivity index (χ3n) is 6.01. The van der Waals surface area contributed by atoms with Crippen molar-refractivity contribution in [3.8, 4) is 5.75 Å². The first-order valence-electron chi connectivity index (χ1n) is 11.6. The average Bonchev–Trinajstić information content (AvgIpc) is 3.36. The van der Waals surface area contributed by atoms with Crippen LogP contribution in [0.1, 0.15) is 34.1 Å². The van der Waals surface area contributed by atoms with Crippen LogP contribution < -0.4 is 4.74 Å². The molecular formula is C28H30N2O5. The number of fused-ring (bicyclic) bond motifs is 1. The highest BCUT2D eigenvalue weighted by molar-refractivity contribution is 6.16. The maximum atomic E-state index is 13.6. The number of Topliss-reactive ketones (excluding diaryl/α,β-unsaturated/α-hetero) is 1. The van der Waals surface area contributed by atoms with Crippen molar-refractivity contribution in [2.24, 2.45) is 0 Å². The number of aliphatic hydroxyl groups is 1. The molecule has 1 atom stereocenters. The number of aliphatic hydroxyl groups excluding tert-OH is 1. The Morgan fingerprint density at radius 3 is 2.63 bits per heavy atom. The van der Waals surface area contributed by atoms with Crippen molar-refractivity contribution in [1.82, 2.24) is 9.80 Å². The number of furan rings is 1. The van der Waals surface area contributed by atoms with Crippen LogP contribution in [0.2, 0.25) is 0 Å². The minimum Gasteiger partial charge on any atom is -0.503 e. The zero-order valence-electron chi connectivity index (χ0n) is 20.3. The van der Waals surface area contributed by atoms with E-state index in [1.54, 1.807) is 29.2 Å². The predicted molar refractivity (Wildman–Crippen MR) is 135 cm³/mol. The Labute approximate surface area is 204 Å². The van der Waals surface area contributed by atoms with Crippen molar-refractivity contribution in [3.63, 3.8) is 0 Å². The topological polar surface area (TPSA) is 83.2 Å². The summed E-state index contributed by atoms with van der Waals surface area (Å²) < 4.78 is 11.4. The van der Waals surface area contributed by atoms with Crippen LogP contribution in [-0.2, 0) is 4.79 Å². The Morgan fingerprint density at radius 1 is 1.20 bits per heavy atom. The number of nitrogens with zero attached hydrogens (tertiary/aromatic N) is 2. The lowest BCUT2D eigenvalue weighted by Crippen LogP contribution is -2.33. The second-order valence-electron chi connectivity index (χ2n) is 8.97. The van der Waals surface area contributed by atoms with Gasteiger partial charge in [0.05, 0.1) is 11.6 Å². The highest BCUT2D eigenvalue weighted by atomic mass is 16.5. The lowest BCUT2D eigenvalue weighted by atomic mass is 9.95. The smallest absolute Gasteiger partial charge is 0.290 e. The Bertz CT molecular complexity index is 1290. The molecule has 0 radical (unpaired) electrons. The molecule has 1 amide bonds. The van der Waals surface area contributed by atoms with Gasteiger partial charge in [-0.15, -0.1) is 0 Å². The fourth-order valence-corrected chi connectivity index (χ4v) is 4.33. The molecule has 7 heteroatoms. The monoisotopic (exact) mass is 474 g/mol. The first kappa shape index (κ1) is 24.3. The van der Waals surface area contributed by atoms with Gasteiger partial charge in [0.2, 0.25) is 5.78 Å². The van der Waals surface area contributed by atoms with Gasteiger partial charge in [0, 0.05) is 11.9 Å². The summed E-state index contributed by atoms with van der Waals surface area (Å²) in [4.78, 5) is 30.3. The van der Waals surface area contributed by atoms with E-state index in [4.69, 9.17) is 9.15 Å². The normalized spacial score (nSPS) is 15.9. The predicted octanol–water partition coefficient (Wildman–Crippen LogP) is 4.84. The van der Waals surface area contributed by atoms with E-state index in [1.807, 2.05) is 56.3 Å². The van der Waals surface area contributed by atoms with Gasteiger partial charge in [0.15, 0.2) is 11.5 Å². The zero-order chi connectivity index (χ0) is 25.1. The van der Waals surface area contributed by atoms with Crippen molar-refractivity contribution in [2.45, 2.75) is 19.4 Å². The quantitative estimate of drug-likeness (QED) is 0.335. The molecule has 0 aliphatic carbocycles. The number of ether oxygens (including phenoxy) is 1. The summed E-state index contributed by atoms with van der Waals surface area (Å²) in [6.07, 6.45) is 2.34. The molecule has 2 aromatic carbocycles. The number of amides is 1. The number of carbonyl (C=O) groups excluding carboxylic acids is 2. The highest BCUT2D eigenvalue weighted by Crippen LogP contribution is 2.40. The average molecular weight is 475 g/mol. The van der Waals surface area contributed by atoms with Gasteiger partial charge in [-0.1, -0.05) is 36.4 Å². The van der Waals surface area contributed by atoms with Gasteiger partial charge in [-0.2, -0.15) is 0 Å². The summed E-state index contributed by atoms with van der Waals surface area (Å²) in [5.41, 5.74) is 2.34. The van der Waals surface area contributed by atoms with E-state index < -0.39 is 23.5 Å². The standard InChI is InChI=1S/C28H30N2O5/c1-5-15-34-21-10-8-19(9-11-21)25-24(27(32)28(33)30(25)14-6-13-29(3)4)26(31)23-17-20-16-18(2)7-12-22(20)35-23/h5,7-12,16-17,25,32H,1,6,13-15H2,2-4H3. The van der Waals surface area contributed by atoms with Gasteiger partial charge >= 0.3 is 0 Å². The van der Waals surface area contributed by atoms with Crippen LogP contribution in [0.25, 0.3) is 11.0 Å². The first-order valence-corrected chi connectivity index (χ1v) is 11.6. The molecule has 4 rings (SSSR count). The molecule has 0 saturated carbocycles. The van der Waals surface area contributed by atoms with E-state index in [-0.39, 0.29) is 11.3 Å². The largest absolute Gasteiger partial charge is 0.503 e. The van der Waals surface area contributed by atoms with Crippen LogP contribution in [0, 0.1) is 6.92 Å². The lowest BCUT2D eigenvalue weighted by Gasteiger charge is -2.27. The molecule has 3 aromatic rings. The maximum Gasteiger partial charge on any atom is 0.290 e. The van der Waals surface area contributed by atoms with Crippen molar-refractivity contribution >= 4 is 22.7 Å². The summed E-state index contributed by atoms with van der Waals surface area (Å²) in [5, 5.41) is 11.7. The number of hydrogen-bond acceptors (Lipinski definition) is 6. The Morgan fingerprint density at radius 2 is 1.94 bits per heavy atom. The fourth-order valence-electron chi connectivity index (χ4n) is 4.33. The summed E-state index contributed by atoms with van der Waals surface area (Å²) in [6, 6.07) is 13.7. The number of rotatable bonds is 10. The van der Waals surface area contributed by atoms with E-state index in [9.17, 15) is 14.7 Å². The van der Waals surface area contributed by atoms with Crippen LogP contribution in [0.5, 0.6) is 5.75 Å². The number of hydrogen-bond donors (Lipinski definition) is 1. The molecule has 0 bridgehead atoms. The highest BCUT2D eigenvalue weighted by Gasteiger charge is 2.44. The van der Waals surface area contributed by atoms with Crippen molar-refractivity contribution in [2.75, 3.05) is 33.8 Å². The Balaban J connectivity index is 1.72. The summed E-state index contributed by atoms with van der Waals surface area (Å²) in [6.45, 7) is 7.13. The van der Waals surface area contributed by atoms with Gasteiger partial charge < -0.3 is 24.1 Å². The van der Waals surface area contributed by atoms with E-state index in [1.165, 1.54) is 0 Å². The summed E-state index contributed by atoms with van der Waals surface area (Å²) in [5.74, 6) is -0.863. The van der Waals surface area contributed by atoms with Crippen molar-refractivity contribution in [3.05, 3.63) is 89.4 Å². The second-order valence-corrected chi connectivity index (χ2v) is 8.97. The molecule has 1 aliphatic rings. The molecule has 1 aromatic heterocycles. The van der Waals surface area contributed by atoms with Crippen molar-refractivity contribution < 1.29 is 23.8 Å². The Hall–Kier alpha value is -3.84. The lowest BCUT2D eigenvalue weighted by molar-refractivity contribution is -0.129. The van der Waals surface area contributed by atoms with Gasteiger partial charge in [-0.3, -0.25) is 9.59 Å². The van der Waals surface area contributed by atoms with Crippen LogP contribution in [-0.4, -0.2) is 60.4 Å². The molecular weight excluding hydrogens is 444 g/mol. The molecule has 182 valence electrons. The van der Waals surface area contributed by atoms with Crippen LogP contribution in [0.15, 0.2) is 76.9 Å². The fraction of sp³-hybridized carbons (Fsp3) is 0.286. The van der Waals surface area contributed by atoms with E-state index in [0.717, 1.165) is 17.5 Å². The molecule has 0 fully saturated rings. The van der Waals surface area contributed by atoms with Gasteiger partial charge in [0.1, 0.15) is 17.9 Å². The van der Waals surface area contributed by atoms with E-state index in [2.05, 4.69) is 6.58 Å². The first-order chi connectivity index (χ1) is 16.8. The van der Waals surface area contributed by atoms with Crippen LogP contribution >= 0.6 is 0 Å². The molecule has 1 aliphatic heterocycles. The molecule has 0 saturated heterocycles. The summed E-state index contributed by atoms with van der Waals surface area (Å²) >= 11 is 0. The number of benzene rings is 2. The van der Waals surface area contributed by atoms with Crippen molar-refractivity contribution in [1.29, 1.82) is 0 Å². The van der Waals surface area contributed by atoms with Crippen LogP contribution in [0.4, 0.5) is 0 Å². The van der Waals surface area contributed by atoms with Crippen LogP contribution in [0.3, 0.4) is 0 Å². The molecule has 1 N–H and O–H groups in total.